The lowest BCUT2D eigenvalue weighted by molar-refractivity contribution is 0.358. The van der Waals surface area contributed by atoms with E-state index in [9.17, 15) is 0 Å². The van der Waals surface area contributed by atoms with E-state index in [4.69, 9.17) is 10.5 Å². The fraction of sp³-hybridized carbons (Fsp3) is 0.625. The molecule has 2 aliphatic rings. The molecule has 0 bridgehead atoms. The molecule has 1 atom stereocenters. The second-order valence-corrected chi connectivity index (χ2v) is 6.20. The number of rotatable bonds is 3. The van der Waals surface area contributed by atoms with Crippen LogP contribution in [0.1, 0.15) is 36.3 Å². The minimum absolute atomic E-state index is 0.484. The van der Waals surface area contributed by atoms with Gasteiger partial charge in [0, 0.05) is 13.6 Å². The minimum atomic E-state index is 0.484. The Balaban J connectivity index is 2.16. The molecule has 1 aromatic carbocycles. The van der Waals surface area contributed by atoms with Crippen molar-refractivity contribution in [1.82, 2.24) is 0 Å². The third-order valence-electron chi connectivity index (χ3n) is 4.99. The first-order valence-electron chi connectivity index (χ1n) is 7.21. The summed E-state index contributed by atoms with van der Waals surface area (Å²) in [6, 6.07) is 4.28. The van der Waals surface area contributed by atoms with E-state index in [1.165, 1.54) is 29.7 Å². The summed E-state index contributed by atoms with van der Waals surface area (Å²) in [6.07, 6.45) is 3.78. The van der Waals surface area contributed by atoms with Crippen molar-refractivity contribution >= 4 is 5.69 Å². The zero-order valence-corrected chi connectivity index (χ0v) is 12.2. The summed E-state index contributed by atoms with van der Waals surface area (Å²) in [5, 5.41) is 0. The molecule has 2 N–H and O–H groups in total. The van der Waals surface area contributed by atoms with E-state index in [0.717, 1.165) is 25.3 Å². The Morgan fingerprint density at radius 3 is 2.74 bits per heavy atom. The number of aryl methyl sites for hydroxylation is 1. The summed E-state index contributed by atoms with van der Waals surface area (Å²) in [6.45, 7) is 4.13. The van der Waals surface area contributed by atoms with Gasteiger partial charge in [-0.25, -0.2) is 0 Å². The van der Waals surface area contributed by atoms with Crippen molar-refractivity contribution in [1.29, 1.82) is 0 Å². The zero-order chi connectivity index (χ0) is 13.6. The van der Waals surface area contributed by atoms with Crippen molar-refractivity contribution in [3.05, 3.63) is 23.3 Å². The second kappa shape index (κ2) is 4.41. The summed E-state index contributed by atoms with van der Waals surface area (Å²) < 4.78 is 5.58. The van der Waals surface area contributed by atoms with E-state index >= 15 is 0 Å². The Labute approximate surface area is 115 Å². The van der Waals surface area contributed by atoms with Gasteiger partial charge in [0.25, 0.3) is 0 Å². The van der Waals surface area contributed by atoms with Crippen LogP contribution in [0.4, 0.5) is 5.69 Å². The largest absolute Gasteiger partial charge is 0.495 e. The van der Waals surface area contributed by atoms with Gasteiger partial charge in [-0.2, -0.15) is 0 Å². The van der Waals surface area contributed by atoms with Gasteiger partial charge in [-0.1, -0.05) is 6.07 Å². The Bertz CT molecular complexity index is 494. The summed E-state index contributed by atoms with van der Waals surface area (Å²) in [7, 11) is 3.96. The Kier molecular flexibility index (Phi) is 2.97. The first-order valence-corrected chi connectivity index (χ1v) is 7.21. The molecule has 1 saturated carbocycles. The third kappa shape index (κ3) is 1.83. The number of methoxy groups -OCH3 is 1. The molecule has 0 amide bonds. The molecule has 1 unspecified atom stereocenters. The Hall–Kier alpha value is -1.22. The summed E-state index contributed by atoms with van der Waals surface area (Å²) in [5.41, 5.74) is 10.5. The van der Waals surface area contributed by atoms with E-state index in [2.05, 4.69) is 31.0 Å². The fourth-order valence-electron chi connectivity index (χ4n) is 3.94. The molecule has 0 aromatic heterocycles. The number of hydrogen-bond donors (Lipinski definition) is 1. The SMILES string of the molecule is COc1ccc(C)c2c1N(C)CC1(CC1)C2CCN. The van der Waals surface area contributed by atoms with E-state index in [0.29, 0.717) is 11.3 Å². The topological polar surface area (TPSA) is 38.5 Å². The van der Waals surface area contributed by atoms with Crippen LogP contribution >= 0.6 is 0 Å². The van der Waals surface area contributed by atoms with Gasteiger partial charge in [0.05, 0.1) is 12.8 Å². The van der Waals surface area contributed by atoms with Gasteiger partial charge < -0.3 is 15.4 Å². The Morgan fingerprint density at radius 1 is 1.42 bits per heavy atom. The molecule has 1 fully saturated rings. The van der Waals surface area contributed by atoms with Crippen LogP contribution in [0.2, 0.25) is 0 Å². The molecule has 1 aliphatic heterocycles. The van der Waals surface area contributed by atoms with Crippen molar-refractivity contribution in [3.63, 3.8) is 0 Å². The fourth-order valence-corrected chi connectivity index (χ4v) is 3.94. The van der Waals surface area contributed by atoms with Crippen molar-refractivity contribution in [2.45, 2.75) is 32.1 Å². The number of anilines is 1. The van der Waals surface area contributed by atoms with Crippen LogP contribution in [0, 0.1) is 12.3 Å². The van der Waals surface area contributed by atoms with Crippen molar-refractivity contribution in [2.75, 3.05) is 32.1 Å². The van der Waals surface area contributed by atoms with Crippen LogP contribution < -0.4 is 15.4 Å². The van der Waals surface area contributed by atoms with Gasteiger partial charge in [-0.3, -0.25) is 0 Å². The van der Waals surface area contributed by atoms with E-state index in [1.807, 2.05) is 0 Å². The van der Waals surface area contributed by atoms with Crippen molar-refractivity contribution < 1.29 is 4.74 Å². The first-order chi connectivity index (χ1) is 9.13. The van der Waals surface area contributed by atoms with Gasteiger partial charge in [-0.05, 0) is 61.3 Å². The predicted molar refractivity (Wildman–Crippen MR) is 79.1 cm³/mol. The van der Waals surface area contributed by atoms with Crippen LogP contribution in [0.3, 0.4) is 0 Å². The number of benzene rings is 1. The van der Waals surface area contributed by atoms with Crippen LogP contribution in [-0.4, -0.2) is 27.2 Å². The normalized spacial score (nSPS) is 23.4. The molecular weight excluding hydrogens is 236 g/mol. The zero-order valence-electron chi connectivity index (χ0n) is 12.2. The van der Waals surface area contributed by atoms with Crippen LogP contribution in [0.25, 0.3) is 0 Å². The smallest absolute Gasteiger partial charge is 0.142 e. The number of nitrogens with two attached hydrogens (primary N) is 1. The molecule has 1 aliphatic carbocycles. The minimum Gasteiger partial charge on any atom is -0.495 e. The standard InChI is InChI=1S/C16H24N2O/c1-11-4-5-13(19-3)15-14(11)12(6-9-17)16(7-8-16)10-18(15)2/h4-5,12H,6-10,17H2,1-3H3. The van der Waals surface area contributed by atoms with Crippen molar-refractivity contribution in [3.8, 4) is 5.75 Å². The Morgan fingerprint density at radius 2 is 2.16 bits per heavy atom. The van der Waals surface area contributed by atoms with E-state index < -0.39 is 0 Å². The van der Waals surface area contributed by atoms with E-state index in [1.54, 1.807) is 7.11 Å². The average Bonchev–Trinajstić information content (AvgIpc) is 3.15. The summed E-state index contributed by atoms with van der Waals surface area (Å²) in [4.78, 5) is 2.39. The highest BCUT2D eigenvalue weighted by molar-refractivity contribution is 5.69. The number of fused-ring (bicyclic) bond motifs is 1. The molecule has 3 heteroatoms. The lowest BCUT2D eigenvalue weighted by Gasteiger charge is -2.41. The van der Waals surface area contributed by atoms with Gasteiger partial charge in [0.1, 0.15) is 5.75 Å². The average molecular weight is 260 g/mol. The van der Waals surface area contributed by atoms with Gasteiger partial charge in [-0.15, -0.1) is 0 Å². The maximum atomic E-state index is 5.88. The predicted octanol–water partition coefficient (Wildman–Crippen LogP) is 2.67. The highest BCUT2D eigenvalue weighted by Gasteiger charge is 2.53. The highest BCUT2D eigenvalue weighted by Crippen LogP contribution is 2.63. The van der Waals surface area contributed by atoms with Crippen LogP contribution in [-0.2, 0) is 0 Å². The first kappa shape index (κ1) is 12.8. The molecule has 1 aromatic rings. The quantitative estimate of drug-likeness (QED) is 0.908. The maximum Gasteiger partial charge on any atom is 0.142 e. The van der Waals surface area contributed by atoms with Crippen LogP contribution in [0.5, 0.6) is 5.75 Å². The number of hydrogen-bond acceptors (Lipinski definition) is 3. The van der Waals surface area contributed by atoms with Crippen molar-refractivity contribution in [2.24, 2.45) is 11.1 Å². The van der Waals surface area contributed by atoms with E-state index in [-0.39, 0.29) is 0 Å². The molecule has 0 radical (unpaired) electrons. The lowest BCUT2D eigenvalue weighted by atomic mass is 9.75. The molecule has 3 rings (SSSR count). The molecule has 1 heterocycles. The molecule has 104 valence electrons. The van der Waals surface area contributed by atoms with Gasteiger partial charge in [0.15, 0.2) is 0 Å². The lowest BCUT2D eigenvalue weighted by Crippen LogP contribution is -2.38. The summed E-state index contributed by atoms with van der Waals surface area (Å²) >= 11 is 0. The molecule has 1 spiro atoms. The highest BCUT2D eigenvalue weighted by atomic mass is 16.5. The van der Waals surface area contributed by atoms with Gasteiger partial charge in [0.2, 0.25) is 0 Å². The number of ether oxygens (including phenoxy) is 1. The molecule has 3 nitrogen and oxygen atoms in total. The molecule has 19 heavy (non-hydrogen) atoms. The monoisotopic (exact) mass is 260 g/mol. The third-order valence-corrected chi connectivity index (χ3v) is 4.99. The number of nitrogens with zero attached hydrogens (tertiary/aromatic N) is 1. The summed E-state index contributed by atoms with van der Waals surface area (Å²) in [5.74, 6) is 1.61. The second-order valence-electron chi connectivity index (χ2n) is 6.20. The maximum absolute atomic E-state index is 5.88. The molecule has 0 saturated heterocycles. The van der Waals surface area contributed by atoms with Gasteiger partial charge >= 0.3 is 0 Å². The van der Waals surface area contributed by atoms with Crippen LogP contribution in [0.15, 0.2) is 12.1 Å². The molecular formula is C16H24N2O.